The van der Waals surface area contributed by atoms with E-state index in [1.54, 1.807) is 0 Å². The van der Waals surface area contributed by atoms with Crippen LogP contribution in [0.1, 0.15) is 6.92 Å². The first-order valence-corrected chi connectivity index (χ1v) is 5.53. The molecule has 5 heteroatoms. The minimum absolute atomic E-state index is 0.135. The summed E-state index contributed by atoms with van der Waals surface area (Å²) in [4.78, 5) is 4.22. The molecule has 2 N–H and O–H groups in total. The van der Waals surface area contributed by atoms with Crippen LogP contribution in [0.15, 0.2) is 34.9 Å². The third-order valence-corrected chi connectivity index (χ3v) is 2.37. The maximum Gasteiger partial charge on any atom is 0.263 e. The zero-order valence-electron chi connectivity index (χ0n) is 9.63. The lowest BCUT2D eigenvalue weighted by Crippen LogP contribution is -2.15. The van der Waals surface area contributed by atoms with E-state index in [0.29, 0.717) is 18.4 Å². The summed E-state index contributed by atoms with van der Waals surface area (Å²) in [5.74, 6) is 1.10. The monoisotopic (exact) mass is 233 g/mol. The first kappa shape index (κ1) is 11.6. The summed E-state index contributed by atoms with van der Waals surface area (Å²) < 4.78 is 5.13. The van der Waals surface area contributed by atoms with Crippen molar-refractivity contribution in [2.45, 2.75) is 6.92 Å². The van der Waals surface area contributed by atoms with E-state index in [2.05, 4.69) is 15.5 Å². The summed E-state index contributed by atoms with van der Waals surface area (Å²) in [6, 6.07) is 9.59. The number of aromatic nitrogens is 2. The van der Waals surface area contributed by atoms with Crippen LogP contribution in [-0.4, -0.2) is 28.4 Å². The third kappa shape index (κ3) is 3.04. The van der Waals surface area contributed by atoms with Gasteiger partial charge in [-0.15, -0.1) is 0 Å². The fourth-order valence-corrected chi connectivity index (χ4v) is 1.32. The molecule has 5 nitrogen and oxygen atoms in total. The maximum absolute atomic E-state index is 8.89. The predicted molar refractivity (Wildman–Crippen MR) is 64.5 cm³/mol. The molecule has 2 aromatic rings. The molecular weight excluding hydrogens is 218 g/mol. The van der Waals surface area contributed by atoms with Gasteiger partial charge in [-0.3, -0.25) is 0 Å². The smallest absolute Gasteiger partial charge is 0.263 e. The highest BCUT2D eigenvalue weighted by Crippen LogP contribution is 2.17. The summed E-state index contributed by atoms with van der Waals surface area (Å²) in [7, 11) is 0. The molecule has 0 saturated carbocycles. The largest absolute Gasteiger partial charge is 0.396 e. The standard InChI is InChI=1S/C12H15N3O2/c1-9(8-16)7-13-12-14-11(17-15-12)10-5-3-2-4-6-10/h2-6,9,16H,7-8H2,1H3,(H,13,15). The van der Waals surface area contributed by atoms with Gasteiger partial charge in [0.05, 0.1) is 0 Å². The van der Waals surface area contributed by atoms with Crippen LogP contribution in [0.3, 0.4) is 0 Å². The Morgan fingerprint density at radius 1 is 1.35 bits per heavy atom. The Morgan fingerprint density at radius 2 is 2.12 bits per heavy atom. The van der Waals surface area contributed by atoms with Crippen molar-refractivity contribution in [3.63, 3.8) is 0 Å². The van der Waals surface area contributed by atoms with Crippen molar-refractivity contribution in [2.75, 3.05) is 18.5 Å². The molecule has 1 aromatic heterocycles. The van der Waals surface area contributed by atoms with Gasteiger partial charge in [0, 0.05) is 18.7 Å². The second-order valence-corrected chi connectivity index (χ2v) is 3.96. The number of nitrogens with zero attached hydrogens (tertiary/aromatic N) is 2. The van der Waals surface area contributed by atoms with Crippen molar-refractivity contribution in [3.8, 4) is 11.5 Å². The van der Waals surface area contributed by atoms with Crippen molar-refractivity contribution in [3.05, 3.63) is 30.3 Å². The van der Waals surface area contributed by atoms with Crippen molar-refractivity contribution in [2.24, 2.45) is 5.92 Å². The Bertz CT molecular complexity index is 456. The van der Waals surface area contributed by atoms with E-state index in [9.17, 15) is 0 Å². The summed E-state index contributed by atoms with van der Waals surface area (Å²) >= 11 is 0. The van der Waals surface area contributed by atoms with Gasteiger partial charge < -0.3 is 14.9 Å². The van der Waals surface area contributed by atoms with Crippen LogP contribution in [0.2, 0.25) is 0 Å². The van der Waals surface area contributed by atoms with Gasteiger partial charge >= 0.3 is 0 Å². The minimum atomic E-state index is 0.135. The number of rotatable bonds is 5. The number of hydrogen-bond acceptors (Lipinski definition) is 5. The molecule has 0 fully saturated rings. The fourth-order valence-electron chi connectivity index (χ4n) is 1.32. The van der Waals surface area contributed by atoms with E-state index in [-0.39, 0.29) is 12.5 Å². The van der Waals surface area contributed by atoms with Crippen LogP contribution in [0, 0.1) is 5.92 Å². The van der Waals surface area contributed by atoms with Crippen molar-refractivity contribution in [1.29, 1.82) is 0 Å². The Hall–Kier alpha value is -1.88. The SMILES string of the molecule is CC(CO)CNc1noc(-c2ccccc2)n1. The second kappa shape index (κ2) is 5.45. The first-order chi connectivity index (χ1) is 8.29. The van der Waals surface area contributed by atoms with E-state index in [1.807, 2.05) is 37.3 Å². The second-order valence-electron chi connectivity index (χ2n) is 3.96. The van der Waals surface area contributed by atoms with Crippen LogP contribution < -0.4 is 5.32 Å². The molecule has 0 saturated heterocycles. The molecule has 1 aromatic carbocycles. The minimum Gasteiger partial charge on any atom is -0.396 e. The quantitative estimate of drug-likeness (QED) is 0.823. The fraction of sp³-hybridized carbons (Fsp3) is 0.333. The topological polar surface area (TPSA) is 71.2 Å². The van der Waals surface area contributed by atoms with Gasteiger partial charge in [-0.1, -0.05) is 25.1 Å². The van der Waals surface area contributed by atoms with E-state index < -0.39 is 0 Å². The lowest BCUT2D eigenvalue weighted by atomic mass is 10.2. The molecule has 0 aliphatic carbocycles. The number of anilines is 1. The molecule has 0 aliphatic heterocycles. The van der Waals surface area contributed by atoms with E-state index in [1.165, 1.54) is 0 Å². The summed E-state index contributed by atoms with van der Waals surface area (Å²) in [6.07, 6.45) is 0. The zero-order chi connectivity index (χ0) is 12.1. The number of aliphatic hydroxyl groups excluding tert-OH is 1. The Labute approximate surface area is 99.5 Å². The molecule has 90 valence electrons. The zero-order valence-corrected chi connectivity index (χ0v) is 9.63. The number of aliphatic hydroxyl groups is 1. The summed E-state index contributed by atoms with van der Waals surface area (Å²) in [6.45, 7) is 2.69. The molecule has 1 heterocycles. The molecular formula is C12H15N3O2. The van der Waals surface area contributed by atoms with Crippen molar-refractivity contribution in [1.82, 2.24) is 10.1 Å². The molecule has 1 unspecified atom stereocenters. The Morgan fingerprint density at radius 3 is 2.82 bits per heavy atom. The van der Waals surface area contributed by atoms with Crippen LogP contribution in [0.5, 0.6) is 0 Å². The lowest BCUT2D eigenvalue weighted by Gasteiger charge is -2.06. The highest BCUT2D eigenvalue weighted by atomic mass is 16.5. The Balaban J connectivity index is 2.01. The molecule has 0 bridgehead atoms. The van der Waals surface area contributed by atoms with Gasteiger partial charge in [-0.05, 0) is 23.2 Å². The van der Waals surface area contributed by atoms with Gasteiger partial charge in [0.25, 0.3) is 11.8 Å². The summed E-state index contributed by atoms with van der Waals surface area (Å²) in [5.41, 5.74) is 0.892. The average molecular weight is 233 g/mol. The first-order valence-electron chi connectivity index (χ1n) is 5.53. The van der Waals surface area contributed by atoms with Crippen LogP contribution in [0.4, 0.5) is 5.95 Å². The number of hydrogen-bond donors (Lipinski definition) is 2. The normalized spacial score (nSPS) is 12.4. The molecule has 17 heavy (non-hydrogen) atoms. The van der Waals surface area contributed by atoms with Gasteiger partial charge in [0.1, 0.15) is 0 Å². The highest BCUT2D eigenvalue weighted by molar-refractivity contribution is 5.53. The number of nitrogens with one attached hydrogen (secondary N) is 1. The van der Waals surface area contributed by atoms with E-state index in [0.717, 1.165) is 5.56 Å². The summed E-state index contributed by atoms with van der Waals surface area (Å²) in [5, 5.41) is 15.7. The van der Waals surface area contributed by atoms with Crippen LogP contribution in [-0.2, 0) is 0 Å². The maximum atomic E-state index is 8.89. The third-order valence-electron chi connectivity index (χ3n) is 2.37. The van der Waals surface area contributed by atoms with Gasteiger partial charge in [-0.25, -0.2) is 0 Å². The predicted octanol–water partition coefficient (Wildman–Crippen LogP) is 1.78. The average Bonchev–Trinajstić information content (AvgIpc) is 2.86. The molecule has 0 amide bonds. The molecule has 2 rings (SSSR count). The van der Waals surface area contributed by atoms with Crippen molar-refractivity contribution >= 4 is 5.95 Å². The molecule has 0 radical (unpaired) electrons. The van der Waals surface area contributed by atoms with Gasteiger partial charge in [0.2, 0.25) is 0 Å². The molecule has 1 atom stereocenters. The highest BCUT2D eigenvalue weighted by Gasteiger charge is 2.08. The van der Waals surface area contributed by atoms with Crippen LogP contribution >= 0.6 is 0 Å². The number of benzene rings is 1. The molecule has 0 spiro atoms. The van der Waals surface area contributed by atoms with E-state index in [4.69, 9.17) is 9.63 Å². The molecule has 0 aliphatic rings. The lowest BCUT2D eigenvalue weighted by molar-refractivity contribution is 0.244. The van der Waals surface area contributed by atoms with E-state index >= 15 is 0 Å². The van der Waals surface area contributed by atoms with Gasteiger partial charge in [0.15, 0.2) is 0 Å². The van der Waals surface area contributed by atoms with Crippen molar-refractivity contribution < 1.29 is 9.63 Å². The Kier molecular flexibility index (Phi) is 3.72. The van der Waals surface area contributed by atoms with Crippen LogP contribution in [0.25, 0.3) is 11.5 Å². The van der Waals surface area contributed by atoms with Gasteiger partial charge in [-0.2, -0.15) is 4.98 Å².